The topological polar surface area (TPSA) is 91.2 Å². The number of hydrogen-bond acceptors (Lipinski definition) is 4. The second kappa shape index (κ2) is 5.58. The zero-order valence-corrected chi connectivity index (χ0v) is 12.7. The molecule has 1 amide bonds. The van der Waals surface area contributed by atoms with Crippen molar-refractivity contribution in [2.75, 3.05) is 5.73 Å². The van der Waals surface area contributed by atoms with Gasteiger partial charge >= 0.3 is 0 Å². The number of carbonyl (C=O) groups excluding carboxylic acids is 1. The van der Waals surface area contributed by atoms with Crippen molar-refractivity contribution < 1.29 is 9.53 Å². The highest BCUT2D eigenvalue weighted by Crippen LogP contribution is 2.31. The molecule has 7 heteroatoms. The third-order valence-electron chi connectivity index (χ3n) is 2.28. The largest absolute Gasteiger partial charge is 0.438 e. The van der Waals surface area contributed by atoms with Crippen molar-refractivity contribution >= 4 is 43.5 Å². The van der Waals surface area contributed by atoms with Crippen LogP contribution in [0, 0.1) is 0 Å². The van der Waals surface area contributed by atoms with Crippen LogP contribution in [0.4, 0.5) is 5.69 Å². The van der Waals surface area contributed by atoms with Gasteiger partial charge in [-0.3, -0.25) is 4.79 Å². The van der Waals surface area contributed by atoms with Crippen LogP contribution in [0.25, 0.3) is 0 Å². The summed E-state index contributed by atoms with van der Waals surface area (Å²) < 4.78 is 7.23. The molecule has 2 aromatic rings. The fourth-order valence-electron chi connectivity index (χ4n) is 1.39. The third kappa shape index (κ3) is 3.24. The standard InChI is InChI=1S/C12H9Br2N3O2/c13-6-1-2-10(8(14)3-6)19-11-4-7(12(16)18)9(15)5-17-11/h1-5H,15H2,(H2,16,18). The van der Waals surface area contributed by atoms with E-state index >= 15 is 0 Å². The van der Waals surface area contributed by atoms with Crippen LogP contribution >= 0.6 is 31.9 Å². The van der Waals surface area contributed by atoms with Gasteiger partial charge in [-0.1, -0.05) is 15.9 Å². The molecule has 2 rings (SSSR count). The molecule has 0 unspecified atom stereocenters. The van der Waals surface area contributed by atoms with Crippen molar-refractivity contribution in [2.45, 2.75) is 0 Å². The molecule has 1 aromatic carbocycles. The Bertz CT molecular complexity index is 647. The van der Waals surface area contributed by atoms with Crippen LogP contribution in [0.2, 0.25) is 0 Å². The molecule has 1 heterocycles. The van der Waals surface area contributed by atoms with Crippen molar-refractivity contribution in [2.24, 2.45) is 5.73 Å². The van der Waals surface area contributed by atoms with Crippen LogP contribution in [-0.2, 0) is 0 Å². The molecule has 0 atom stereocenters. The number of nitrogen functional groups attached to an aromatic ring is 1. The van der Waals surface area contributed by atoms with Crippen molar-refractivity contribution in [3.8, 4) is 11.6 Å². The smallest absolute Gasteiger partial charge is 0.251 e. The number of pyridine rings is 1. The van der Waals surface area contributed by atoms with Gasteiger partial charge in [0.2, 0.25) is 5.88 Å². The third-order valence-corrected chi connectivity index (χ3v) is 3.40. The van der Waals surface area contributed by atoms with E-state index in [0.29, 0.717) is 5.75 Å². The molecule has 5 nitrogen and oxygen atoms in total. The van der Waals surface area contributed by atoms with Crippen molar-refractivity contribution in [3.05, 3.63) is 45.0 Å². The first-order valence-electron chi connectivity index (χ1n) is 5.15. The zero-order chi connectivity index (χ0) is 14.0. The number of aromatic nitrogens is 1. The maximum absolute atomic E-state index is 11.2. The molecule has 4 N–H and O–H groups in total. The van der Waals surface area contributed by atoms with E-state index in [1.807, 2.05) is 12.1 Å². The summed E-state index contributed by atoms with van der Waals surface area (Å²) in [6.45, 7) is 0. The Morgan fingerprint density at radius 2 is 2.00 bits per heavy atom. The van der Waals surface area contributed by atoms with E-state index < -0.39 is 5.91 Å². The maximum Gasteiger partial charge on any atom is 0.251 e. The zero-order valence-electron chi connectivity index (χ0n) is 9.56. The monoisotopic (exact) mass is 385 g/mol. The van der Waals surface area contributed by atoms with Crippen LogP contribution in [0.3, 0.4) is 0 Å². The van der Waals surface area contributed by atoms with E-state index in [1.54, 1.807) is 6.07 Å². The summed E-state index contributed by atoms with van der Waals surface area (Å²) >= 11 is 6.71. The van der Waals surface area contributed by atoms with Crippen LogP contribution in [0.15, 0.2) is 39.4 Å². The Balaban J connectivity index is 2.33. The molecule has 0 aliphatic carbocycles. The summed E-state index contributed by atoms with van der Waals surface area (Å²) in [4.78, 5) is 15.2. The molecule has 0 aliphatic rings. The molecule has 0 aliphatic heterocycles. The highest BCUT2D eigenvalue weighted by atomic mass is 79.9. The minimum Gasteiger partial charge on any atom is -0.438 e. The number of nitrogens with zero attached hydrogens (tertiary/aromatic N) is 1. The lowest BCUT2D eigenvalue weighted by molar-refractivity contribution is 0.100. The quantitative estimate of drug-likeness (QED) is 0.847. The Labute approximate surface area is 126 Å². The molecule has 98 valence electrons. The van der Waals surface area contributed by atoms with Gasteiger partial charge in [0, 0.05) is 10.5 Å². The summed E-state index contributed by atoms with van der Waals surface area (Å²) in [7, 11) is 0. The fourth-order valence-corrected chi connectivity index (χ4v) is 2.51. The maximum atomic E-state index is 11.2. The van der Waals surface area contributed by atoms with E-state index in [1.165, 1.54) is 12.3 Å². The highest BCUT2D eigenvalue weighted by molar-refractivity contribution is 9.11. The van der Waals surface area contributed by atoms with Gasteiger partial charge in [-0.25, -0.2) is 4.98 Å². The lowest BCUT2D eigenvalue weighted by Crippen LogP contribution is -2.13. The Hall–Kier alpha value is -1.60. The molecule has 19 heavy (non-hydrogen) atoms. The lowest BCUT2D eigenvalue weighted by Gasteiger charge is -2.09. The van der Waals surface area contributed by atoms with Gasteiger partial charge in [0.15, 0.2) is 0 Å². The lowest BCUT2D eigenvalue weighted by atomic mass is 10.2. The number of rotatable bonds is 3. The number of anilines is 1. The summed E-state index contributed by atoms with van der Waals surface area (Å²) in [5.41, 5.74) is 11.2. The second-order valence-corrected chi connectivity index (χ2v) is 5.42. The molecular weight excluding hydrogens is 378 g/mol. The predicted molar refractivity (Wildman–Crippen MR) is 79.1 cm³/mol. The van der Waals surface area contributed by atoms with Crippen molar-refractivity contribution in [1.82, 2.24) is 4.98 Å². The first-order valence-corrected chi connectivity index (χ1v) is 6.74. The second-order valence-electron chi connectivity index (χ2n) is 3.65. The van der Waals surface area contributed by atoms with Crippen LogP contribution < -0.4 is 16.2 Å². The number of amides is 1. The van der Waals surface area contributed by atoms with Gasteiger partial charge < -0.3 is 16.2 Å². The molecule has 0 saturated heterocycles. The van der Waals surface area contributed by atoms with Gasteiger partial charge in [-0.15, -0.1) is 0 Å². The number of ether oxygens (including phenoxy) is 1. The fraction of sp³-hybridized carbons (Fsp3) is 0. The summed E-state index contributed by atoms with van der Waals surface area (Å²) in [5, 5.41) is 0. The summed E-state index contributed by atoms with van der Waals surface area (Å²) in [6, 6.07) is 6.83. The van der Waals surface area contributed by atoms with Gasteiger partial charge in [-0.2, -0.15) is 0 Å². The first-order chi connectivity index (χ1) is 8.97. The van der Waals surface area contributed by atoms with Crippen molar-refractivity contribution in [1.29, 1.82) is 0 Å². The summed E-state index contributed by atoms with van der Waals surface area (Å²) in [6.07, 6.45) is 1.34. The number of hydrogen-bond donors (Lipinski definition) is 2. The van der Waals surface area contributed by atoms with Crippen LogP contribution in [-0.4, -0.2) is 10.9 Å². The highest BCUT2D eigenvalue weighted by Gasteiger charge is 2.10. The Morgan fingerprint density at radius 1 is 1.26 bits per heavy atom. The number of halogens is 2. The van der Waals surface area contributed by atoms with E-state index in [4.69, 9.17) is 16.2 Å². The SMILES string of the molecule is NC(=O)c1cc(Oc2ccc(Br)cc2Br)ncc1N. The van der Waals surface area contributed by atoms with E-state index in [2.05, 4.69) is 36.8 Å². The number of benzene rings is 1. The average Bonchev–Trinajstić information content (AvgIpc) is 2.34. The minimum atomic E-state index is -0.625. The Kier molecular flexibility index (Phi) is 4.06. The number of carbonyl (C=O) groups is 1. The predicted octanol–water partition coefficient (Wildman–Crippen LogP) is 3.08. The number of primary amides is 1. The molecule has 0 saturated carbocycles. The molecule has 1 aromatic heterocycles. The molecule has 0 spiro atoms. The van der Waals surface area contributed by atoms with E-state index in [9.17, 15) is 4.79 Å². The molecule has 0 radical (unpaired) electrons. The Morgan fingerprint density at radius 3 is 2.63 bits per heavy atom. The molecule has 0 fully saturated rings. The van der Waals surface area contributed by atoms with Crippen LogP contribution in [0.5, 0.6) is 11.6 Å². The van der Waals surface area contributed by atoms with E-state index in [-0.39, 0.29) is 17.1 Å². The van der Waals surface area contributed by atoms with E-state index in [0.717, 1.165) is 8.95 Å². The van der Waals surface area contributed by atoms with Gasteiger partial charge in [-0.05, 0) is 34.1 Å². The van der Waals surface area contributed by atoms with Gasteiger partial charge in [0.05, 0.1) is 21.9 Å². The molecular formula is C12H9Br2N3O2. The van der Waals surface area contributed by atoms with Gasteiger partial charge in [0.25, 0.3) is 5.91 Å². The first kappa shape index (κ1) is 13.8. The average molecular weight is 387 g/mol. The van der Waals surface area contributed by atoms with Gasteiger partial charge in [0.1, 0.15) is 5.75 Å². The minimum absolute atomic E-state index is 0.179. The number of nitrogens with two attached hydrogens (primary N) is 2. The normalized spacial score (nSPS) is 10.2. The van der Waals surface area contributed by atoms with Crippen molar-refractivity contribution in [3.63, 3.8) is 0 Å². The van der Waals surface area contributed by atoms with Crippen LogP contribution in [0.1, 0.15) is 10.4 Å². The summed E-state index contributed by atoms with van der Waals surface area (Å²) in [5.74, 6) is 0.182. The molecule has 0 bridgehead atoms.